The third kappa shape index (κ3) is 3.81. The van der Waals surface area contributed by atoms with Crippen molar-refractivity contribution in [3.63, 3.8) is 0 Å². The molecule has 136 valence electrons. The van der Waals surface area contributed by atoms with Gasteiger partial charge in [-0.1, -0.05) is 12.1 Å². The number of rotatable bonds is 6. The molecule has 0 saturated heterocycles. The number of carbonyl (C=O) groups is 1. The second kappa shape index (κ2) is 7.81. The maximum atomic E-state index is 12.9. The smallest absolute Gasteiger partial charge is 0.263 e. The van der Waals surface area contributed by atoms with E-state index in [-0.39, 0.29) is 18.0 Å². The van der Waals surface area contributed by atoms with E-state index in [9.17, 15) is 9.59 Å². The van der Waals surface area contributed by atoms with Crippen LogP contribution in [0.2, 0.25) is 0 Å². The molecule has 1 amide bonds. The van der Waals surface area contributed by atoms with E-state index >= 15 is 0 Å². The Labute approximate surface area is 163 Å². The van der Waals surface area contributed by atoms with Crippen LogP contribution in [0, 0.1) is 0 Å². The van der Waals surface area contributed by atoms with Crippen LogP contribution in [0.4, 0.5) is 0 Å². The molecule has 0 aromatic carbocycles. The Hall–Kier alpha value is -2.84. The molecule has 4 rings (SSSR count). The minimum Gasteiger partial charge on any atom is -0.354 e. The molecular formula is C19H16N4O2S2. The lowest BCUT2D eigenvalue weighted by Crippen LogP contribution is -2.33. The minimum absolute atomic E-state index is 0.0519. The van der Waals surface area contributed by atoms with E-state index < -0.39 is 0 Å². The maximum absolute atomic E-state index is 12.9. The number of aromatic nitrogens is 3. The van der Waals surface area contributed by atoms with Gasteiger partial charge in [0.2, 0.25) is 5.91 Å². The van der Waals surface area contributed by atoms with Gasteiger partial charge in [-0.05, 0) is 23.6 Å². The number of amides is 1. The molecule has 0 saturated carbocycles. The van der Waals surface area contributed by atoms with Gasteiger partial charge in [-0.2, -0.15) is 0 Å². The highest BCUT2D eigenvalue weighted by Crippen LogP contribution is 2.33. The van der Waals surface area contributed by atoms with E-state index in [1.54, 1.807) is 17.5 Å². The van der Waals surface area contributed by atoms with Gasteiger partial charge in [0.1, 0.15) is 11.4 Å². The molecular weight excluding hydrogens is 380 g/mol. The van der Waals surface area contributed by atoms with E-state index in [2.05, 4.69) is 15.3 Å². The minimum atomic E-state index is -0.220. The fourth-order valence-electron chi connectivity index (χ4n) is 2.78. The summed E-state index contributed by atoms with van der Waals surface area (Å²) >= 11 is 3.02. The van der Waals surface area contributed by atoms with Gasteiger partial charge in [-0.25, -0.2) is 4.98 Å². The molecule has 0 bridgehead atoms. The largest absolute Gasteiger partial charge is 0.354 e. The summed E-state index contributed by atoms with van der Waals surface area (Å²) in [7, 11) is 0. The van der Waals surface area contributed by atoms with Crippen molar-refractivity contribution in [2.24, 2.45) is 0 Å². The number of thiophene rings is 2. The number of hydrogen-bond acceptors (Lipinski definition) is 6. The summed E-state index contributed by atoms with van der Waals surface area (Å²) in [6.45, 7) is 0.420. The van der Waals surface area contributed by atoms with Gasteiger partial charge in [0, 0.05) is 40.7 Å². The first-order valence-corrected chi connectivity index (χ1v) is 10.2. The van der Waals surface area contributed by atoms with Crippen molar-refractivity contribution >= 4 is 38.8 Å². The predicted octanol–water partition coefficient (Wildman–Crippen LogP) is 2.94. The van der Waals surface area contributed by atoms with Crippen LogP contribution in [0.3, 0.4) is 0 Å². The number of carbonyl (C=O) groups excluding carboxylic acids is 1. The quantitative estimate of drug-likeness (QED) is 0.544. The number of nitrogens with zero attached hydrogens (tertiary/aromatic N) is 3. The Morgan fingerprint density at radius 2 is 2.07 bits per heavy atom. The van der Waals surface area contributed by atoms with Crippen molar-refractivity contribution in [3.05, 3.63) is 69.7 Å². The average molecular weight is 396 g/mol. The van der Waals surface area contributed by atoms with Gasteiger partial charge in [-0.15, -0.1) is 22.7 Å². The van der Waals surface area contributed by atoms with E-state index in [1.165, 1.54) is 22.2 Å². The van der Waals surface area contributed by atoms with Gasteiger partial charge in [0.05, 0.1) is 11.7 Å². The molecule has 0 unspecified atom stereocenters. The molecule has 1 N–H and O–H groups in total. The van der Waals surface area contributed by atoms with Crippen LogP contribution in [0.25, 0.3) is 20.7 Å². The van der Waals surface area contributed by atoms with E-state index in [1.807, 2.05) is 41.1 Å². The lowest BCUT2D eigenvalue weighted by molar-refractivity contribution is -0.121. The van der Waals surface area contributed by atoms with Gasteiger partial charge < -0.3 is 5.32 Å². The Bertz CT molecular complexity index is 1120. The van der Waals surface area contributed by atoms with Crippen molar-refractivity contribution < 1.29 is 4.79 Å². The highest BCUT2D eigenvalue weighted by molar-refractivity contribution is 7.18. The second-order valence-electron chi connectivity index (χ2n) is 5.91. The first-order chi connectivity index (χ1) is 13.2. The summed E-state index contributed by atoms with van der Waals surface area (Å²) in [6.07, 6.45) is 3.81. The van der Waals surface area contributed by atoms with E-state index in [4.69, 9.17) is 0 Å². The zero-order chi connectivity index (χ0) is 18.6. The van der Waals surface area contributed by atoms with Crippen LogP contribution >= 0.6 is 22.7 Å². The molecule has 4 aromatic heterocycles. The summed E-state index contributed by atoms with van der Waals surface area (Å²) in [5, 5.41) is 7.33. The Balaban J connectivity index is 1.49. The van der Waals surface area contributed by atoms with Crippen LogP contribution in [-0.4, -0.2) is 27.0 Å². The second-order valence-corrected chi connectivity index (χ2v) is 7.71. The standard InChI is InChI=1S/C19H16N4O2S2/c24-16(21-8-6-13-4-1-2-7-20-13)10-23-12-22-18-17(19(23)25)14(11-27-18)15-5-3-9-26-15/h1-5,7,9,11-12H,6,8,10H2,(H,21,24). The van der Waals surface area contributed by atoms with Gasteiger partial charge in [0.15, 0.2) is 0 Å². The highest BCUT2D eigenvalue weighted by Gasteiger charge is 2.15. The number of pyridine rings is 1. The molecule has 0 spiro atoms. The van der Waals surface area contributed by atoms with Gasteiger partial charge in [0.25, 0.3) is 5.56 Å². The van der Waals surface area contributed by atoms with Crippen molar-refractivity contribution in [2.45, 2.75) is 13.0 Å². The number of nitrogens with one attached hydrogen (secondary N) is 1. The molecule has 4 heterocycles. The molecule has 0 aliphatic rings. The van der Waals surface area contributed by atoms with Gasteiger partial charge in [-0.3, -0.25) is 19.1 Å². The third-order valence-electron chi connectivity index (χ3n) is 4.09. The Morgan fingerprint density at radius 3 is 2.85 bits per heavy atom. The molecule has 0 atom stereocenters. The van der Waals surface area contributed by atoms with E-state index in [0.29, 0.717) is 23.2 Å². The molecule has 0 radical (unpaired) electrons. The fourth-order valence-corrected chi connectivity index (χ4v) is 4.50. The van der Waals surface area contributed by atoms with E-state index in [0.717, 1.165) is 16.1 Å². The lowest BCUT2D eigenvalue weighted by atomic mass is 10.2. The van der Waals surface area contributed by atoms with Crippen molar-refractivity contribution in [1.82, 2.24) is 19.9 Å². The summed E-state index contributed by atoms with van der Waals surface area (Å²) < 4.78 is 1.36. The van der Waals surface area contributed by atoms with Crippen molar-refractivity contribution in [1.29, 1.82) is 0 Å². The molecule has 0 fully saturated rings. The summed E-state index contributed by atoms with van der Waals surface area (Å²) in [5.41, 5.74) is 1.61. The molecule has 0 aliphatic carbocycles. The summed E-state index contributed by atoms with van der Waals surface area (Å²) in [4.78, 5) is 35.4. The fraction of sp³-hybridized carbons (Fsp3) is 0.158. The summed E-state index contributed by atoms with van der Waals surface area (Å²) in [5.74, 6) is -0.220. The first kappa shape index (κ1) is 17.6. The average Bonchev–Trinajstić information content (AvgIpc) is 3.34. The van der Waals surface area contributed by atoms with Crippen LogP contribution in [0.15, 0.2) is 58.4 Å². The number of hydrogen-bond donors (Lipinski definition) is 1. The third-order valence-corrected chi connectivity index (χ3v) is 5.88. The van der Waals surface area contributed by atoms with Crippen molar-refractivity contribution in [2.75, 3.05) is 6.54 Å². The lowest BCUT2D eigenvalue weighted by Gasteiger charge is -2.07. The topological polar surface area (TPSA) is 76.9 Å². The predicted molar refractivity (Wildman–Crippen MR) is 108 cm³/mol. The maximum Gasteiger partial charge on any atom is 0.263 e. The first-order valence-electron chi connectivity index (χ1n) is 8.39. The number of fused-ring (bicyclic) bond motifs is 1. The van der Waals surface area contributed by atoms with Crippen LogP contribution in [0.1, 0.15) is 5.69 Å². The monoisotopic (exact) mass is 396 g/mol. The molecule has 27 heavy (non-hydrogen) atoms. The summed E-state index contributed by atoms with van der Waals surface area (Å²) in [6, 6.07) is 9.61. The zero-order valence-electron chi connectivity index (χ0n) is 14.3. The van der Waals surface area contributed by atoms with Crippen molar-refractivity contribution in [3.8, 4) is 10.4 Å². The van der Waals surface area contributed by atoms with Crippen LogP contribution < -0.4 is 10.9 Å². The Morgan fingerprint density at radius 1 is 1.15 bits per heavy atom. The SMILES string of the molecule is O=C(Cn1cnc2scc(-c3cccs3)c2c1=O)NCCc1ccccn1. The molecule has 6 nitrogen and oxygen atoms in total. The van der Waals surface area contributed by atoms with Crippen LogP contribution in [-0.2, 0) is 17.8 Å². The molecule has 8 heteroatoms. The Kier molecular flexibility index (Phi) is 5.08. The highest BCUT2D eigenvalue weighted by atomic mass is 32.1. The normalized spacial score (nSPS) is 11.0. The van der Waals surface area contributed by atoms with Crippen LogP contribution in [0.5, 0.6) is 0 Å². The zero-order valence-corrected chi connectivity index (χ0v) is 15.9. The molecule has 4 aromatic rings. The van der Waals surface area contributed by atoms with Gasteiger partial charge >= 0.3 is 0 Å². The molecule has 0 aliphatic heterocycles.